The number of urea groups is 1. The molecule has 0 radical (unpaired) electrons. The molecule has 0 spiro atoms. The lowest BCUT2D eigenvalue weighted by atomic mass is 10.1. The normalized spacial score (nSPS) is 13.4. The van der Waals surface area contributed by atoms with Gasteiger partial charge in [-0.3, -0.25) is 14.4 Å². The van der Waals surface area contributed by atoms with Gasteiger partial charge in [-0.15, -0.1) is 0 Å². The van der Waals surface area contributed by atoms with Crippen molar-refractivity contribution >= 4 is 66.1 Å². The van der Waals surface area contributed by atoms with E-state index in [1.807, 2.05) is 0 Å². The van der Waals surface area contributed by atoms with Crippen molar-refractivity contribution in [1.29, 1.82) is 0 Å². The Kier molecular flexibility index (Phi) is 28.8. The molecular weight excluding hydrogens is 1060 g/mol. The van der Waals surface area contributed by atoms with Crippen LogP contribution in [0.1, 0.15) is 171 Å². The Morgan fingerprint density at radius 1 is 0.420 bits per heavy atom. The molecule has 0 aromatic carbocycles. The molecule has 0 aromatic heterocycles. The second-order valence-corrected chi connectivity index (χ2v) is 26.1. The van der Waals surface area contributed by atoms with Gasteiger partial charge in [0.2, 0.25) is 11.8 Å². The lowest BCUT2D eigenvalue weighted by Crippen LogP contribution is -2.54. The third-order valence-electron chi connectivity index (χ3n) is 9.48. The fourth-order valence-electron chi connectivity index (χ4n) is 6.48. The zero-order valence-corrected chi connectivity index (χ0v) is 51.8. The van der Waals surface area contributed by atoms with Gasteiger partial charge in [0, 0.05) is 58.7 Å². The molecule has 8 amide bonds. The second kappa shape index (κ2) is 31.4. The van der Waals surface area contributed by atoms with Gasteiger partial charge in [0.15, 0.2) is 0 Å². The smallest absolute Gasteiger partial charge is 0.410 e. The summed E-state index contributed by atoms with van der Waals surface area (Å²) in [5.41, 5.74) is -6.77. The van der Waals surface area contributed by atoms with E-state index in [9.17, 15) is 57.8 Å². The maximum absolute atomic E-state index is 14.4. The summed E-state index contributed by atoms with van der Waals surface area (Å²) in [5.74, 6) is -7.50. The van der Waals surface area contributed by atoms with E-state index >= 15 is 0 Å². The van der Waals surface area contributed by atoms with Crippen LogP contribution in [0.5, 0.6) is 0 Å². The van der Waals surface area contributed by atoms with Gasteiger partial charge in [0.25, 0.3) is 0 Å². The number of amides is 8. The van der Waals surface area contributed by atoms with E-state index < -0.39 is 162 Å². The number of hydrogen-bond acceptors (Lipinski definition) is 18. The van der Waals surface area contributed by atoms with Gasteiger partial charge in [0.1, 0.15) is 57.3 Å². The van der Waals surface area contributed by atoms with Gasteiger partial charge in [-0.05, 0) is 158 Å². The first kappa shape index (κ1) is 74.2. The minimum Gasteiger partial charge on any atom is -0.480 e. The highest BCUT2D eigenvalue weighted by Gasteiger charge is 2.36. The van der Waals surface area contributed by atoms with Crippen LogP contribution in [0.25, 0.3) is 0 Å². The number of carbonyl (C=O) groups is 11. The van der Waals surface area contributed by atoms with Crippen LogP contribution in [0.4, 0.5) is 24.0 Å². The molecular formula is C54H96N8O19. The van der Waals surface area contributed by atoms with E-state index in [1.165, 1.54) is 0 Å². The number of ether oxygens (including phenoxy) is 7. The van der Waals surface area contributed by atoms with Crippen molar-refractivity contribution in [2.75, 3.05) is 45.8 Å². The lowest BCUT2D eigenvalue weighted by Gasteiger charge is -2.33. The maximum Gasteiger partial charge on any atom is 0.410 e. The van der Waals surface area contributed by atoms with Crippen LogP contribution in [0, 0.1) is 5.92 Å². The van der Waals surface area contributed by atoms with Crippen LogP contribution in [0.2, 0.25) is 0 Å². The average Bonchev–Trinajstić information content (AvgIpc) is 3.22. The number of esters is 3. The molecule has 0 rings (SSSR count). The Hall–Kier alpha value is -6.83. The van der Waals surface area contributed by atoms with E-state index in [1.54, 1.807) is 145 Å². The fraction of sp³-hybridized carbons (Fsp3) is 0.796. The first-order valence-corrected chi connectivity index (χ1v) is 26.9. The number of aliphatic carboxylic acids is 1. The van der Waals surface area contributed by atoms with Crippen LogP contribution < -0.4 is 31.9 Å². The zero-order chi connectivity index (χ0) is 63.3. The second-order valence-electron chi connectivity index (χ2n) is 26.1. The van der Waals surface area contributed by atoms with Crippen LogP contribution in [0.3, 0.4) is 0 Å². The molecule has 0 heterocycles. The highest BCUT2D eigenvalue weighted by molar-refractivity contribution is 5.89. The maximum atomic E-state index is 14.4. The number of carboxylic acids is 1. The number of alkyl carbamates (subject to hydrolysis) is 2. The van der Waals surface area contributed by atoms with Gasteiger partial charge in [-0.2, -0.15) is 0 Å². The van der Waals surface area contributed by atoms with Gasteiger partial charge in [0.05, 0.1) is 5.92 Å². The van der Waals surface area contributed by atoms with E-state index in [-0.39, 0.29) is 39.0 Å². The van der Waals surface area contributed by atoms with Crippen molar-refractivity contribution in [3.63, 3.8) is 0 Å². The molecule has 0 fully saturated rings. The summed E-state index contributed by atoms with van der Waals surface area (Å²) in [6.45, 7) is 31.2. The number of hydrogen-bond donors (Lipinski definition) is 7. The standard InChI is InChI=1S/C54H96N8O19/c1-48(2,3)75-38(64)25-23-35(42(69)77-50(7,8)9)60-43(70)59-34(41(68)76-49(4,5)6)22-24-37(63)58-36(40(66)67)30-57-39(65)33(31-61(46(73)80-53(16,17)18)28-26-55-44(71)78-51(10,11)12)32-62(47(74)81-54(19,20)21)29-27-56-45(72)79-52(13,14)15/h33-36H,22-32H2,1-21H3,(H,55,71)(H,56,72)(H,57,65)(H,58,63)(H,66,67)(H2,59,60,70)/t34-,35?,36-/m1/s1. The molecule has 0 aliphatic rings. The number of nitrogens with zero attached hydrogens (tertiary/aromatic N) is 2. The summed E-state index contributed by atoms with van der Waals surface area (Å²) in [5, 5.41) is 25.0. The van der Waals surface area contributed by atoms with Crippen molar-refractivity contribution in [3.8, 4) is 0 Å². The summed E-state index contributed by atoms with van der Waals surface area (Å²) in [6.07, 6.45) is -5.13. The first-order valence-electron chi connectivity index (χ1n) is 26.9. The number of nitrogens with one attached hydrogen (secondary N) is 6. The van der Waals surface area contributed by atoms with Crippen LogP contribution >= 0.6 is 0 Å². The minimum absolute atomic E-state index is 0.206. The third kappa shape index (κ3) is 37.7. The van der Waals surface area contributed by atoms with Gasteiger partial charge in [-0.1, -0.05) is 0 Å². The summed E-state index contributed by atoms with van der Waals surface area (Å²) in [6, 6.07) is -5.89. The Bertz CT molecular complexity index is 2090. The molecule has 0 aliphatic carbocycles. The molecule has 0 saturated heterocycles. The molecule has 0 aromatic rings. The Morgan fingerprint density at radius 2 is 0.765 bits per heavy atom. The molecule has 0 saturated carbocycles. The van der Waals surface area contributed by atoms with Crippen molar-refractivity contribution in [2.45, 2.75) is 228 Å². The van der Waals surface area contributed by atoms with Gasteiger partial charge < -0.3 is 80.0 Å². The highest BCUT2D eigenvalue weighted by Crippen LogP contribution is 2.18. The largest absolute Gasteiger partial charge is 0.480 e. The number of carboxylic acid groups (broad SMARTS) is 1. The fourth-order valence-corrected chi connectivity index (χ4v) is 6.48. The predicted octanol–water partition coefficient (Wildman–Crippen LogP) is 5.43. The summed E-state index contributed by atoms with van der Waals surface area (Å²) in [7, 11) is 0. The summed E-state index contributed by atoms with van der Waals surface area (Å²) in [4.78, 5) is 148. The van der Waals surface area contributed by atoms with E-state index in [0.29, 0.717) is 0 Å². The Balaban J connectivity index is 6.97. The van der Waals surface area contributed by atoms with Crippen LogP contribution in [0.15, 0.2) is 0 Å². The molecule has 27 heteroatoms. The van der Waals surface area contributed by atoms with Crippen molar-refractivity contribution in [2.24, 2.45) is 5.92 Å². The molecule has 81 heavy (non-hydrogen) atoms. The van der Waals surface area contributed by atoms with E-state index in [2.05, 4.69) is 31.9 Å². The molecule has 3 atom stereocenters. The number of carbonyl (C=O) groups excluding carboxylic acids is 10. The lowest BCUT2D eigenvalue weighted by molar-refractivity contribution is -0.159. The third-order valence-corrected chi connectivity index (χ3v) is 9.48. The van der Waals surface area contributed by atoms with Crippen molar-refractivity contribution in [1.82, 2.24) is 41.7 Å². The molecule has 1 unspecified atom stereocenters. The Labute approximate surface area is 477 Å². The highest BCUT2D eigenvalue weighted by atomic mass is 16.6. The number of rotatable bonds is 25. The molecule has 0 bridgehead atoms. The topological polar surface area (TPSA) is 351 Å². The summed E-state index contributed by atoms with van der Waals surface area (Å²) < 4.78 is 38.2. The average molecular weight is 1160 g/mol. The quantitative estimate of drug-likeness (QED) is 0.0442. The summed E-state index contributed by atoms with van der Waals surface area (Å²) >= 11 is 0. The molecule has 0 aliphatic heterocycles. The van der Waals surface area contributed by atoms with Gasteiger partial charge >= 0.3 is 54.3 Å². The van der Waals surface area contributed by atoms with Crippen LogP contribution in [-0.2, 0) is 61.9 Å². The molecule has 466 valence electrons. The van der Waals surface area contributed by atoms with E-state index in [0.717, 1.165) is 9.80 Å². The van der Waals surface area contributed by atoms with E-state index in [4.69, 9.17) is 33.2 Å². The van der Waals surface area contributed by atoms with Gasteiger partial charge in [-0.25, -0.2) is 38.4 Å². The van der Waals surface area contributed by atoms with Crippen LogP contribution in [-0.4, -0.2) is 184 Å². The Morgan fingerprint density at radius 3 is 1.10 bits per heavy atom. The predicted molar refractivity (Wildman–Crippen MR) is 295 cm³/mol. The SMILES string of the molecule is CC(C)(C)OC(=O)CCC(NC(=O)N[C@H](CCC(=O)N[C@H](CNC(=O)C(CN(CCNC(=O)OC(C)(C)C)C(=O)OC(C)(C)C)CN(CCNC(=O)OC(C)(C)C)C(=O)OC(C)(C)C)C(=O)O)C(=O)OC(C)(C)C)C(=O)OC(C)(C)C. The molecule has 27 nitrogen and oxygen atoms in total. The van der Waals surface area contributed by atoms with Crippen molar-refractivity contribution in [3.05, 3.63) is 0 Å². The molecule has 7 N–H and O–H groups in total. The zero-order valence-electron chi connectivity index (χ0n) is 51.8. The minimum atomic E-state index is -1.84. The monoisotopic (exact) mass is 1160 g/mol. The first-order chi connectivity index (χ1) is 36.4. The van der Waals surface area contributed by atoms with Crippen molar-refractivity contribution < 1.29 is 91.0 Å².